The van der Waals surface area contributed by atoms with Gasteiger partial charge in [-0.15, -0.1) is 0 Å². The molecule has 0 aliphatic heterocycles. The number of pyridine rings is 1. The standard InChI is InChI=1S/C21H28N2O2S2/c1-4-25-21(24)16(2)13-19(22-3)14-17-8-10-18(11-9-17)15-26-27-20-7-5-6-12-23-20/h5-12,16,19,22H,4,13-15H2,1-3H3/t16-,19+/m0/s1. The van der Waals surface area contributed by atoms with E-state index in [1.807, 2.05) is 45.3 Å². The van der Waals surface area contributed by atoms with E-state index >= 15 is 0 Å². The van der Waals surface area contributed by atoms with Gasteiger partial charge in [0, 0.05) is 18.0 Å². The van der Waals surface area contributed by atoms with Gasteiger partial charge < -0.3 is 10.1 Å². The first kappa shape index (κ1) is 21.8. The van der Waals surface area contributed by atoms with Crippen LogP contribution in [0.4, 0.5) is 0 Å². The predicted octanol–water partition coefficient (Wildman–Crippen LogP) is 4.74. The highest BCUT2D eigenvalue weighted by Crippen LogP contribution is 2.32. The molecule has 2 rings (SSSR count). The number of likely N-dealkylation sites (N-methyl/N-ethyl adjacent to an activating group) is 1. The van der Waals surface area contributed by atoms with E-state index in [0.29, 0.717) is 6.61 Å². The Labute approximate surface area is 170 Å². The van der Waals surface area contributed by atoms with Crippen LogP contribution in [0.1, 0.15) is 31.4 Å². The molecule has 1 aromatic heterocycles. The molecule has 1 aromatic carbocycles. The third-order valence-electron chi connectivity index (χ3n) is 4.25. The minimum atomic E-state index is -0.115. The van der Waals surface area contributed by atoms with Gasteiger partial charge in [0.2, 0.25) is 0 Å². The molecule has 146 valence electrons. The average Bonchev–Trinajstić information content (AvgIpc) is 2.69. The molecule has 6 heteroatoms. The summed E-state index contributed by atoms with van der Waals surface area (Å²) in [5.41, 5.74) is 2.57. The largest absolute Gasteiger partial charge is 0.466 e. The lowest BCUT2D eigenvalue weighted by Gasteiger charge is -2.20. The summed E-state index contributed by atoms with van der Waals surface area (Å²) in [6.45, 7) is 4.21. The van der Waals surface area contributed by atoms with Gasteiger partial charge in [-0.1, -0.05) is 48.0 Å². The maximum Gasteiger partial charge on any atom is 0.308 e. The number of hydrogen-bond donors (Lipinski definition) is 1. The van der Waals surface area contributed by atoms with Crippen molar-refractivity contribution < 1.29 is 9.53 Å². The lowest BCUT2D eigenvalue weighted by molar-refractivity contribution is -0.147. The van der Waals surface area contributed by atoms with E-state index in [2.05, 4.69) is 34.6 Å². The number of aromatic nitrogens is 1. The molecule has 1 heterocycles. The fourth-order valence-corrected chi connectivity index (χ4v) is 4.71. The van der Waals surface area contributed by atoms with Crippen molar-refractivity contribution in [2.24, 2.45) is 5.92 Å². The molecule has 2 atom stereocenters. The molecular weight excluding hydrogens is 376 g/mol. The van der Waals surface area contributed by atoms with Gasteiger partial charge >= 0.3 is 5.97 Å². The Hall–Kier alpha value is -1.50. The number of esters is 1. The van der Waals surface area contributed by atoms with Crippen LogP contribution in [0.3, 0.4) is 0 Å². The van der Waals surface area contributed by atoms with Crippen molar-refractivity contribution in [3.8, 4) is 0 Å². The first-order valence-corrected chi connectivity index (χ1v) is 11.6. The third kappa shape index (κ3) is 7.95. The molecule has 0 saturated heterocycles. The summed E-state index contributed by atoms with van der Waals surface area (Å²) in [6, 6.07) is 14.9. The molecule has 0 spiro atoms. The smallest absolute Gasteiger partial charge is 0.308 e. The lowest BCUT2D eigenvalue weighted by atomic mass is 9.96. The summed E-state index contributed by atoms with van der Waals surface area (Å²) in [5, 5.41) is 4.36. The fourth-order valence-electron chi connectivity index (χ4n) is 2.72. The second-order valence-electron chi connectivity index (χ2n) is 6.41. The number of rotatable bonds is 11. The Morgan fingerprint density at radius 2 is 1.93 bits per heavy atom. The first-order chi connectivity index (χ1) is 13.1. The highest BCUT2D eigenvalue weighted by Gasteiger charge is 2.19. The van der Waals surface area contributed by atoms with Crippen LogP contribution < -0.4 is 5.32 Å². The van der Waals surface area contributed by atoms with Crippen LogP contribution in [0.25, 0.3) is 0 Å². The van der Waals surface area contributed by atoms with E-state index in [-0.39, 0.29) is 17.9 Å². The molecular formula is C21H28N2O2S2. The van der Waals surface area contributed by atoms with Crippen LogP contribution in [0.15, 0.2) is 53.7 Å². The number of nitrogens with zero attached hydrogens (tertiary/aromatic N) is 1. The molecule has 0 fully saturated rings. The highest BCUT2D eigenvalue weighted by atomic mass is 33.1. The number of ether oxygens (including phenoxy) is 1. The topological polar surface area (TPSA) is 51.2 Å². The molecule has 0 aliphatic carbocycles. The summed E-state index contributed by atoms with van der Waals surface area (Å²) in [4.78, 5) is 16.2. The molecule has 0 aliphatic rings. The third-order valence-corrected chi connectivity index (χ3v) is 6.45. The minimum absolute atomic E-state index is 0.0957. The van der Waals surface area contributed by atoms with Gasteiger partial charge in [0.15, 0.2) is 0 Å². The van der Waals surface area contributed by atoms with E-state index in [4.69, 9.17) is 4.74 Å². The molecule has 0 radical (unpaired) electrons. The Balaban J connectivity index is 1.80. The Morgan fingerprint density at radius 3 is 2.56 bits per heavy atom. The van der Waals surface area contributed by atoms with E-state index in [9.17, 15) is 4.79 Å². The predicted molar refractivity (Wildman–Crippen MR) is 115 cm³/mol. The van der Waals surface area contributed by atoms with E-state index in [0.717, 1.165) is 23.6 Å². The van der Waals surface area contributed by atoms with Gasteiger partial charge in [0.1, 0.15) is 5.03 Å². The number of carbonyl (C=O) groups is 1. The monoisotopic (exact) mass is 404 g/mol. The molecule has 0 amide bonds. The van der Waals surface area contributed by atoms with Crippen LogP contribution in [0.5, 0.6) is 0 Å². The molecule has 0 bridgehead atoms. The lowest BCUT2D eigenvalue weighted by Crippen LogP contribution is -2.32. The first-order valence-electron chi connectivity index (χ1n) is 9.24. The Bertz CT molecular complexity index is 680. The summed E-state index contributed by atoms with van der Waals surface area (Å²) in [5.74, 6) is 0.730. The van der Waals surface area contributed by atoms with Crippen molar-refractivity contribution in [2.75, 3.05) is 13.7 Å². The average molecular weight is 405 g/mol. The molecule has 2 aromatic rings. The normalized spacial score (nSPS) is 13.1. The van der Waals surface area contributed by atoms with Gasteiger partial charge in [0.25, 0.3) is 0 Å². The van der Waals surface area contributed by atoms with Gasteiger partial charge in [-0.05, 0) is 60.9 Å². The SMILES string of the molecule is CCOC(=O)[C@@H](C)C[C@H](Cc1ccc(CSSc2ccccn2)cc1)NC. The number of benzene rings is 1. The number of nitrogens with one attached hydrogen (secondary N) is 1. The van der Waals surface area contributed by atoms with Crippen LogP contribution in [0, 0.1) is 5.92 Å². The molecule has 27 heavy (non-hydrogen) atoms. The summed E-state index contributed by atoms with van der Waals surface area (Å²) < 4.78 is 5.11. The van der Waals surface area contributed by atoms with Crippen LogP contribution in [-0.2, 0) is 21.7 Å². The van der Waals surface area contributed by atoms with Gasteiger partial charge in [-0.3, -0.25) is 4.79 Å². The second-order valence-corrected chi connectivity index (χ2v) is 8.72. The zero-order chi connectivity index (χ0) is 19.5. The number of carbonyl (C=O) groups excluding carboxylic acids is 1. The Morgan fingerprint density at radius 1 is 1.19 bits per heavy atom. The van der Waals surface area contributed by atoms with Crippen molar-refractivity contribution in [3.63, 3.8) is 0 Å². The van der Waals surface area contributed by atoms with Crippen LogP contribution in [0.2, 0.25) is 0 Å². The van der Waals surface area contributed by atoms with Crippen molar-refractivity contribution in [1.82, 2.24) is 10.3 Å². The van der Waals surface area contributed by atoms with Crippen molar-refractivity contribution in [1.29, 1.82) is 0 Å². The summed E-state index contributed by atoms with van der Waals surface area (Å²) in [7, 11) is 5.44. The molecule has 4 nitrogen and oxygen atoms in total. The molecule has 0 saturated carbocycles. The summed E-state index contributed by atoms with van der Waals surface area (Å²) in [6.07, 6.45) is 3.49. The van der Waals surface area contributed by atoms with Gasteiger partial charge in [-0.25, -0.2) is 4.98 Å². The zero-order valence-electron chi connectivity index (χ0n) is 16.2. The van der Waals surface area contributed by atoms with Gasteiger partial charge in [0.05, 0.1) is 12.5 Å². The van der Waals surface area contributed by atoms with Crippen LogP contribution >= 0.6 is 21.6 Å². The maximum atomic E-state index is 11.8. The van der Waals surface area contributed by atoms with E-state index in [1.165, 1.54) is 11.1 Å². The Kier molecular flexibility index (Phi) is 9.73. The van der Waals surface area contributed by atoms with E-state index in [1.54, 1.807) is 21.6 Å². The van der Waals surface area contributed by atoms with Crippen molar-refractivity contribution >= 4 is 27.6 Å². The highest BCUT2D eigenvalue weighted by molar-refractivity contribution is 8.76. The zero-order valence-corrected chi connectivity index (χ0v) is 17.8. The van der Waals surface area contributed by atoms with E-state index < -0.39 is 0 Å². The van der Waals surface area contributed by atoms with Crippen LogP contribution in [-0.4, -0.2) is 30.6 Å². The second kappa shape index (κ2) is 12.1. The maximum absolute atomic E-state index is 11.8. The van der Waals surface area contributed by atoms with Crippen molar-refractivity contribution in [2.45, 2.75) is 43.5 Å². The fraction of sp³-hybridized carbons (Fsp3) is 0.429. The van der Waals surface area contributed by atoms with Crippen molar-refractivity contribution in [3.05, 3.63) is 59.8 Å². The molecule has 0 unspecified atom stereocenters. The number of hydrogen-bond acceptors (Lipinski definition) is 6. The summed E-state index contributed by atoms with van der Waals surface area (Å²) >= 11 is 0. The minimum Gasteiger partial charge on any atom is -0.466 e. The molecule has 1 N–H and O–H groups in total. The quantitative estimate of drug-likeness (QED) is 0.431. The van der Waals surface area contributed by atoms with Gasteiger partial charge in [-0.2, -0.15) is 0 Å².